The number of Topliss-reactive ketones (excluding diaryl/α,β-unsaturated/α-hetero) is 1. The molecule has 0 bridgehead atoms. The van der Waals surface area contributed by atoms with Gasteiger partial charge in [-0.2, -0.15) is 0 Å². The van der Waals surface area contributed by atoms with Crippen LogP contribution in [0.1, 0.15) is 20.7 Å². The summed E-state index contributed by atoms with van der Waals surface area (Å²) >= 11 is 11.8. The molecule has 0 fully saturated rings. The van der Waals surface area contributed by atoms with Crippen molar-refractivity contribution < 1.29 is 23.8 Å². The summed E-state index contributed by atoms with van der Waals surface area (Å²) < 4.78 is 15.4. The van der Waals surface area contributed by atoms with Gasteiger partial charge in [0.2, 0.25) is 6.79 Å². The summed E-state index contributed by atoms with van der Waals surface area (Å²) in [5.41, 5.74) is 0.469. The highest BCUT2D eigenvalue weighted by Crippen LogP contribution is 2.32. The highest BCUT2D eigenvalue weighted by atomic mass is 35.5. The van der Waals surface area contributed by atoms with Crippen LogP contribution >= 0.6 is 23.2 Å². The van der Waals surface area contributed by atoms with E-state index in [-0.39, 0.29) is 28.2 Å². The first-order chi connectivity index (χ1) is 11.1. The SMILES string of the molecule is O=C(COC(=O)c1cccc(Cl)c1Cl)c1ccc2c(c1)OCO2. The molecule has 23 heavy (non-hydrogen) atoms. The molecule has 3 rings (SSSR count). The number of hydrogen-bond donors (Lipinski definition) is 0. The van der Waals surface area contributed by atoms with E-state index in [0.717, 1.165) is 0 Å². The number of ketones is 1. The van der Waals surface area contributed by atoms with E-state index in [4.69, 9.17) is 37.4 Å². The Balaban J connectivity index is 1.67. The largest absolute Gasteiger partial charge is 0.454 e. The normalized spacial score (nSPS) is 12.1. The van der Waals surface area contributed by atoms with Crippen LogP contribution in [0.2, 0.25) is 10.0 Å². The van der Waals surface area contributed by atoms with Gasteiger partial charge >= 0.3 is 5.97 Å². The Kier molecular flexibility index (Phi) is 4.41. The number of carbonyl (C=O) groups is 2. The Labute approximate surface area is 141 Å². The van der Waals surface area contributed by atoms with Crippen molar-refractivity contribution in [1.82, 2.24) is 0 Å². The van der Waals surface area contributed by atoms with Crippen LogP contribution in [-0.4, -0.2) is 25.2 Å². The summed E-state index contributed by atoms with van der Waals surface area (Å²) in [6, 6.07) is 9.36. The first-order valence-corrected chi connectivity index (χ1v) is 7.36. The maximum atomic E-state index is 12.1. The fraction of sp³-hybridized carbons (Fsp3) is 0.125. The Morgan fingerprint density at radius 3 is 2.70 bits per heavy atom. The molecule has 7 heteroatoms. The monoisotopic (exact) mass is 352 g/mol. The first-order valence-electron chi connectivity index (χ1n) is 6.60. The molecule has 118 valence electrons. The van der Waals surface area contributed by atoms with E-state index in [2.05, 4.69) is 0 Å². The minimum Gasteiger partial charge on any atom is -0.454 e. The third kappa shape index (κ3) is 3.25. The Bertz CT molecular complexity index is 788. The number of hydrogen-bond acceptors (Lipinski definition) is 5. The van der Waals surface area contributed by atoms with Crippen LogP contribution < -0.4 is 9.47 Å². The van der Waals surface area contributed by atoms with Crippen molar-refractivity contribution in [3.63, 3.8) is 0 Å². The Morgan fingerprint density at radius 1 is 1.09 bits per heavy atom. The fourth-order valence-electron chi connectivity index (χ4n) is 2.02. The quantitative estimate of drug-likeness (QED) is 0.619. The van der Waals surface area contributed by atoms with Crippen molar-refractivity contribution in [1.29, 1.82) is 0 Å². The second kappa shape index (κ2) is 6.48. The summed E-state index contributed by atoms with van der Waals surface area (Å²) in [5.74, 6) is -0.0225. The molecule has 1 heterocycles. The van der Waals surface area contributed by atoms with Crippen molar-refractivity contribution in [3.05, 3.63) is 57.6 Å². The summed E-state index contributed by atoms with van der Waals surface area (Å²) in [6.45, 7) is -0.295. The zero-order chi connectivity index (χ0) is 16.4. The van der Waals surface area contributed by atoms with Gasteiger partial charge in [0.15, 0.2) is 23.9 Å². The van der Waals surface area contributed by atoms with E-state index in [1.807, 2.05) is 0 Å². The number of benzene rings is 2. The van der Waals surface area contributed by atoms with Gasteiger partial charge in [0.05, 0.1) is 15.6 Å². The van der Waals surface area contributed by atoms with Crippen molar-refractivity contribution in [2.45, 2.75) is 0 Å². The highest BCUT2D eigenvalue weighted by Gasteiger charge is 2.19. The van der Waals surface area contributed by atoms with E-state index in [9.17, 15) is 9.59 Å². The molecular formula is C16H10Cl2O5. The van der Waals surface area contributed by atoms with Crippen molar-refractivity contribution in [2.24, 2.45) is 0 Å². The molecule has 0 saturated carbocycles. The van der Waals surface area contributed by atoms with E-state index >= 15 is 0 Å². The maximum absolute atomic E-state index is 12.1. The average molecular weight is 353 g/mol. The third-order valence-corrected chi connectivity index (χ3v) is 4.02. The molecule has 2 aromatic rings. The van der Waals surface area contributed by atoms with Gasteiger partial charge in [0.1, 0.15) is 0 Å². The van der Waals surface area contributed by atoms with Gasteiger partial charge < -0.3 is 14.2 Å². The second-order valence-electron chi connectivity index (χ2n) is 4.67. The van der Waals surface area contributed by atoms with Gasteiger partial charge in [-0.3, -0.25) is 4.79 Å². The van der Waals surface area contributed by atoms with Crippen LogP contribution in [0.3, 0.4) is 0 Å². The number of rotatable bonds is 4. The molecular weight excluding hydrogens is 343 g/mol. The van der Waals surface area contributed by atoms with Crippen LogP contribution in [-0.2, 0) is 4.74 Å². The molecule has 0 spiro atoms. The molecule has 0 aromatic heterocycles. The van der Waals surface area contributed by atoms with Crippen molar-refractivity contribution in [2.75, 3.05) is 13.4 Å². The molecule has 0 aliphatic carbocycles. The van der Waals surface area contributed by atoms with E-state index < -0.39 is 12.6 Å². The van der Waals surface area contributed by atoms with E-state index in [1.54, 1.807) is 30.3 Å². The lowest BCUT2D eigenvalue weighted by Crippen LogP contribution is -2.14. The minimum atomic E-state index is -0.716. The molecule has 0 N–H and O–H groups in total. The standard InChI is InChI=1S/C16H10Cl2O5/c17-11-3-1-2-10(15(11)18)16(20)21-7-12(19)9-4-5-13-14(6-9)23-8-22-13/h1-6H,7-8H2. The summed E-state index contributed by atoms with van der Waals surface area (Å²) in [4.78, 5) is 24.1. The molecule has 0 atom stereocenters. The van der Waals surface area contributed by atoms with Gasteiger partial charge in [0.25, 0.3) is 0 Å². The molecule has 0 saturated heterocycles. The van der Waals surface area contributed by atoms with Crippen molar-refractivity contribution >= 4 is 35.0 Å². The van der Waals surface area contributed by atoms with Gasteiger partial charge in [-0.15, -0.1) is 0 Å². The topological polar surface area (TPSA) is 61.8 Å². The lowest BCUT2D eigenvalue weighted by atomic mass is 10.1. The number of carbonyl (C=O) groups excluding carboxylic acids is 2. The fourth-order valence-corrected chi connectivity index (χ4v) is 2.40. The van der Waals surface area contributed by atoms with Crippen molar-refractivity contribution in [3.8, 4) is 11.5 Å². The molecule has 0 radical (unpaired) electrons. The highest BCUT2D eigenvalue weighted by molar-refractivity contribution is 6.43. The summed E-state index contributed by atoms with van der Waals surface area (Å²) in [5, 5.41) is 0.331. The zero-order valence-electron chi connectivity index (χ0n) is 11.7. The summed E-state index contributed by atoms with van der Waals surface area (Å²) in [7, 11) is 0. The number of fused-ring (bicyclic) bond motifs is 1. The molecule has 0 amide bonds. The molecule has 1 aliphatic heterocycles. The van der Waals surface area contributed by atoms with Crippen LogP contribution in [0.25, 0.3) is 0 Å². The van der Waals surface area contributed by atoms with Crippen LogP contribution in [0.4, 0.5) is 0 Å². The van der Waals surface area contributed by atoms with Gasteiger partial charge in [0, 0.05) is 5.56 Å². The van der Waals surface area contributed by atoms with E-state index in [0.29, 0.717) is 17.1 Å². The predicted octanol–water partition coefficient (Wildman–Crippen LogP) is 3.76. The molecule has 0 unspecified atom stereocenters. The lowest BCUT2D eigenvalue weighted by Gasteiger charge is -2.07. The molecule has 5 nitrogen and oxygen atoms in total. The number of ether oxygens (including phenoxy) is 3. The minimum absolute atomic E-state index is 0.0923. The third-order valence-electron chi connectivity index (χ3n) is 3.20. The lowest BCUT2D eigenvalue weighted by molar-refractivity contribution is 0.0475. The molecule has 2 aromatic carbocycles. The van der Waals surface area contributed by atoms with Gasteiger partial charge in [-0.1, -0.05) is 29.3 Å². The zero-order valence-corrected chi connectivity index (χ0v) is 13.2. The molecule has 1 aliphatic rings. The predicted molar refractivity (Wildman–Crippen MR) is 83.6 cm³/mol. The van der Waals surface area contributed by atoms with Crippen LogP contribution in [0.15, 0.2) is 36.4 Å². The summed E-state index contributed by atoms with van der Waals surface area (Å²) in [6.07, 6.45) is 0. The van der Waals surface area contributed by atoms with Crippen LogP contribution in [0, 0.1) is 0 Å². The van der Waals surface area contributed by atoms with Gasteiger partial charge in [-0.05, 0) is 30.3 Å². The Hall–Kier alpha value is -2.24. The van der Waals surface area contributed by atoms with E-state index in [1.165, 1.54) is 6.07 Å². The van der Waals surface area contributed by atoms with Crippen LogP contribution in [0.5, 0.6) is 11.5 Å². The smallest absolute Gasteiger partial charge is 0.340 e. The number of halogens is 2. The number of esters is 1. The second-order valence-corrected chi connectivity index (χ2v) is 5.45. The van der Waals surface area contributed by atoms with Gasteiger partial charge in [-0.25, -0.2) is 4.79 Å². The maximum Gasteiger partial charge on any atom is 0.340 e. The average Bonchev–Trinajstić information content (AvgIpc) is 3.02. The Morgan fingerprint density at radius 2 is 1.87 bits per heavy atom. The first kappa shape index (κ1) is 15.6.